The van der Waals surface area contributed by atoms with E-state index >= 15 is 0 Å². The number of amides is 1. The van der Waals surface area contributed by atoms with Gasteiger partial charge in [-0.3, -0.25) is 4.79 Å². The number of fused-ring (bicyclic) bond motifs is 3. The highest BCUT2D eigenvalue weighted by molar-refractivity contribution is 5.84. The molecule has 0 spiro atoms. The van der Waals surface area contributed by atoms with Gasteiger partial charge in [0.1, 0.15) is 11.6 Å². The lowest BCUT2D eigenvalue weighted by Crippen LogP contribution is -2.51. The number of hydrogen-bond donors (Lipinski definition) is 2. The minimum atomic E-state index is -0.248. The van der Waals surface area contributed by atoms with E-state index in [4.69, 9.17) is 0 Å². The van der Waals surface area contributed by atoms with Crippen LogP contribution >= 0.6 is 0 Å². The van der Waals surface area contributed by atoms with Gasteiger partial charge in [0, 0.05) is 31.1 Å². The Labute approximate surface area is 158 Å². The molecule has 2 aromatic rings. The number of hydrogen-bond acceptors (Lipinski definition) is 3. The Hall–Kier alpha value is -1.95. The van der Waals surface area contributed by atoms with Crippen molar-refractivity contribution < 1.29 is 9.18 Å². The molecule has 0 aliphatic carbocycles. The van der Waals surface area contributed by atoms with Crippen LogP contribution in [0.4, 0.5) is 4.39 Å². The third-order valence-corrected chi connectivity index (χ3v) is 7.21. The van der Waals surface area contributed by atoms with Crippen LogP contribution in [0.2, 0.25) is 0 Å². The van der Waals surface area contributed by atoms with Crippen LogP contribution in [0.25, 0.3) is 11.0 Å². The number of nitrogens with one attached hydrogen (secondary N) is 2. The summed E-state index contributed by atoms with van der Waals surface area (Å²) in [6, 6.07) is 5.56. The van der Waals surface area contributed by atoms with Gasteiger partial charge >= 0.3 is 0 Å². The molecule has 3 atom stereocenters. The van der Waals surface area contributed by atoms with Crippen LogP contribution in [-0.2, 0) is 4.79 Å². The topological polar surface area (TPSA) is 61.0 Å². The second-order valence-corrected chi connectivity index (χ2v) is 8.56. The Bertz CT molecular complexity index is 872. The number of aromatic nitrogens is 2. The summed E-state index contributed by atoms with van der Waals surface area (Å²) in [5, 5.41) is 3.65. The summed E-state index contributed by atoms with van der Waals surface area (Å²) >= 11 is 0. The number of carbonyl (C=O) groups excluding carboxylic acids is 1. The number of aromatic amines is 1. The molecule has 5 rings (SSSR count). The van der Waals surface area contributed by atoms with Crippen LogP contribution in [0.5, 0.6) is 0 Å². The molecule has 5 nitrogen and oxygen atoms in total. The van der Waals surface area contributed by atoms with Crippen LogP contribution < -0.4 is 5.32 Å². The minimum Gasteiger partial charge on any atom is -0.342 e. The van der Waals surface area contributed by atoms with Gasteiger partial charge < -0.3 is 15.2 Å². The number of rotatable bonds is 3. The molecule has 144 valence electrons. The van der Waals surface area contributed by atoms with E-state index in [-0.39, 0.29) is 11.2 Å². The van der Waals surface area contributed by atoms with E-state index in [9.17, 15) is 9.18 Å². The lowest BCUT2D eigenvalue weighted by Gasteiger charge is -2.41. The summed E-state index contributed by atoms with van der Waals surface area (Å²) < 4.78 is 13.4. The first kappa shape index (κ1) is 17.2. The largest absolute Gasteiger partial charge is 0.342 e. The molecule has 3 aliphatic rings. The lowest BCUT2D eigenvalue weighted by molar-refractivity contribution is -0.145. The number of likely N-dealkylation sites (tertiary alicyclic amines) is 1. The highest BCUT2D eigenvalue weighted by Gasteiger charge is 2.55. The number of piperidine rings is 1. The number of nitrogens with zero attached hydrogens (tertiary/aromatic N) is 2. The molecule has 27 heavy (non-hydrogen) atoms. The minimum absolute atomic E-state index is 0.188. The highest BCUT2D eigenvalue weighted by atomic mass is 19.1. The monoisotopic (exact) mass is 370 g/mol. The van der Waals surface area contributed by atoms with Crippen LogP contribution in [-0.4, -0.2) is 45.9 Å². The number of halogens is 1. The molecule has 0 saturated carbocycles. The molecule has 3 fully saturated rings. The molecule has 2 bridgehead atoms. The number of benzene rings is 1. The van der Waals surface area contributed by atoms with E-state index in [0.29, 0.717) is 23.9 Å². The van der Waals surface area contributed by atoms with Crippen molar-refractivity contribution in [3.05, 3.63) is 29.8 Å². The van der Waals surface area contributed by atoms with Crippen molar-refractivity contribution in [2.24, 2.45) is 5.41 Å². The Morgan fingerprint density at radius 1 is 1.30 bits per heavy atom. The van der Waals surface area contributed by atoms with E-state index in [2.05, 4.69) is 27.1 Å². The van der Waals surface area contributed by atoms with Gasteiger partial charge in [0.15, 0.2) is 0 Å². The van der Waals surface area contributed by atoms with Gasteiger partial charge in [-0.05, 0) is 56.7 Å². The van der Waals surface area contributed by atoms with Crippen molar-refractivity contribution in [3.8, 4) is 0 Å². The average Bonchev–Trinajstić information content (AvgIpc) is 3.41. The van der Waals surface area contributed by atoms with Crippen molar-refractivity contribution >= 4 is 16.9 Å². The second kappa shape index (κ2) is 6.30. The zero-order valence-electron chi connectivity index (χ0n) is 15.8. The summed E-state index contributed by atoms with van der Waals surface area (Å²) in [7, 11) is 0. The lowest BCUT2D eigenvalue weighted by atomic mass is 9.70. The first-order chi connectivity index (χ1) is 13.1. The molecule has 6 heteroatoms. The zero-order chi connectivity index (χ0) is 18.6. The molecule has 0 radical (unpaired) electrons. The second-order valence-electron chi connectivity index (χ2n) is 8.56. The smallest absolute Gasteiger partial charge is 0.230 e. The van der Waals surface area contributed by atoms with Gasteiger partial charge in [-0.25, -0.2) is 9.37 Å². The molecular formula is C21H27FN4O. The summed E-state index contributed by atoms with van der Waals surface area (Å²) in [6.45, 7) is 3.74. The summed E-state index contributed by atoms with van der Waals surface area (Å²) in [4.78, 5) is 23.4. The van der Waals surface area contributed by atoms with Gasteiger partial charge in [-0.15, -0.1) is 0 Å². The van der Waals surface area contributed by atoms with Gasteiger partial charge in [-0.2, -0.15) is 0 Å². The van der Waals surface area contributed by atoms with E-state index in [0.717, 1.165) is 62.1 Å². The van der Waals surface area contributed by atoms with Crippen LogP contribution in [0.15, 0.2) is 18.2 Å². The number of carbonyl (C=O) groups is 1. The third kappa shape index (κ3) is 2.68. The molecule has 3 saturated heterocycles. The van der Waals surface area contributed by atoms with Crippen molar-refractivity contribution in [1.29, 1.82) is 0 Å². The van der Waals surface area contributed by atoms with Gasteiger partial charge in [0.2, 0.25) is 5.91 Å². The highest BCUT2D eigenvalue weighted by Crippen LogP contribution is 2.47. The van der Waals surface area contributed by atoms with Crippen molar-refractivity contribution in [2.45, 2.75) is 63.5 Å². The van der Waals surface area contributed by atoms with Crippen molar-refractivity contribution in [2.75, 3.05) is 13.1 Å². The fourth-order valence-electron chi connectivity index (χ4n) is 5.64. The number of imidazole rings is 1. The van der Waals surface area contributed by atoms with Gasteiger partial charge in [-0.1, -0.05) is 6.92 Å². The Morgan fingerprint density at radius 2 is 2.11 bits per heavy atom. The van der Waals surface area contributed by atoms with Crippen molar-refractivity contribution in [1.82, 2.24) is 20.2 Å². The SMILES string of the molecule is CC[C@@]1(C(=O)N2CCC(c3nc4ccc(F)cc4[nH]3)CC2)C[C@@H]2CC[C@H]1N2. The Balaban J connectivity index is 1.29. The first-order valence-corrected chi connectivity index (χ1v) is 10.3. The van der Waals surface area contributed by atoms with Gasteiger partial charge in [0.25, 0.3) is 0 Å². The zero-order valence-corrected chi connectivity index (χ0v) is 15.8. The predicted octanol–water partition coefficient (Wildman–Crippen LogP) is 3.33. The van der Waals surface area contributed by atoms with E-state index in [1.54, 1.807) is 6.07 Å². The van der Waals surface area contributed by atoms with Crippen molar-refractivity contribution in [3.63, 3.8) is 0 Å². The van der Waals surface area contributed by atoms with Crippen LogP contribution in [0.1, 0.15) is 57.2 Å². The fraction of sp³-hybridized carbons (Fsp3) is 0.619. The maximum Gasteiger partial charge on any atom is 0.230 e. The molecule has 0 unspecified atom stereocenters. The normalized spacial score (nSPS) is 31.1. The van der Waals surface area contributed by atoms with E-state index in [1.165, 1.54) is 18.6 Å². The standard InChI is InChI=1S/C21H27FN4O/c1-2-21(12-15-4-6-18(21)23-15)20(27)26-9-7-13(8-10-26)19-24-16-5-3-14(22)11-17(16)25-19/h3,5,11,13,15,18,23H,2,4,6-10,12H2,1H3,(H,24,25)/t15-,18+,21+/m0/s1. The van der Waals surface area contributed by atoms with Crippen LogP contribution in [0.3, 0.4) is 0 Å². The Kier molecular flexibility index (Phi) is 4.00. The molecule has 1 aromatic carbocycles. The molecule has 3 aliphatic heterocycles. The quantitative estimate of drug-likeness (QED) is 0.871. The fourth-order valence-corrected chi connectivity index (χ4v) is 5.64. The first-order valence-electron chi connectivity index (χ1n) is 10.3. The molecule has 4 heterocycles. The van der Waals surface area contributed by atoms with E-state index < -0.39 is 0 Å². The predicted molar refractivity (Wildman–Crippen MR) is 102 cm³/mol. The molecule has 1 aromatic heterocycles. The Morgan fingerprint density at radius 3 is 2.78 bits per heavy atom. The van der Waals surface area contributed by atoms with E-state index in [1.807, 2.05) is 0 Å². The maximum atomic E-state index is 13.4. The van der Waals surface area contributed by atoms with Gasteiger partial charge in [0.05, 0.1) is 16.4 Å². The average molecular weight is 370 g/mol. The molecule has 2 N–H and O–H groups in total. The van der Waals surface area contributed by atoms with Crippen LogP contribution in [0, 0.1) is 11.2 Å². The molecular weight excluding hydrogens is 343 g/mol. The third-order valence-electron chi connectivity index (χ3n) is 7.21. The summed E-state index contributed by atoms with van der Waals surface area (Å²) in [5.74, 6) is 1.34. The summed E-state index contributed by atoms with van der Waals surface area (Å²) in [5.41, 5.74) is 1.37. The maximum absolute atomic E-state index is 13.4. The summed E-state index contributed by atoms with van der Waals surface area (Å²) in [6.07, 6.45) is 6.10. The molecule has 1 amide bonds. The number of H-pyrrole nitrogens is 1.